The van der Waals surface area contributed by atoms with E-state index in [1.54, 1.807) is 20.2 Å². The molecule has 0 radical (unpaired) electrons. The fourth-order valence-corrected chi connectivity index (χ4v) is 2.38. The van der Waals surface area contributed by atoms with Gasteiger partial charge in [-0.05, 0) is 33.2 Å². The third-order valence-corrected chi connectivity index (χ3v) is 3.63. The summed E-state index contributed by atoms with van der Waals surface area (Å²) in [5.74, 6) is 0.676. The molecule has 0 spiro atoms. The third kappa shape index (κ3) is 3.55. The largest absolute Gasteiger partial charge is 0.465 e. The second-order valence-electron chi connectivity index (χ2n) is 5.46. The summed E-state index contributed by atoms with van der Waals surface area (Å²) in [6.07, 6.45) is 3.25. The molecule has 7 nitrogen and oxygen atoms in total. The first-order chi connectivity index (χ1) is 9.53. The van der Waals surface area contributed by atoms with Crippen molar-refractivity contribution in [1.29, 1.82) is 0 Å². The minimum Gasteiger partial charge on any atom is -0.465 e. The molecule has 0 saturated carbocycles. The van der Waals surface area contributed by atoms with E-state index in [0.717, 1.165) is 38.4 Å². The number of esters is 1. The van der Waals surface area contributed by atoms with Gasteiger partial charge in [-0.3, -0.25) is 9.69 Å². The maximum Gasteiger partial charge on any atom is 0.325 e. The van der Waals surface area contributed by atoms with Gasteiger partial charge < -0.3 is 15.0 Å². The summed E-state index contributed by atoms with van der Waals surface area (Å²) in [7, 11) is 0. The van der Waals surface area contributed by atoms with E-state index in [9.17, 15) is 4.79 Å². The molecule has 0 amide bonds. The fraction of sp³-hybridized carbons (Fsp3) is 0.769. The quantitative estimate of drug-likeness (QED) is 0.747. The van der Waals surface area contributed by atoms with Gasteiger partial charge in [-0.1, -0.05) is 0 Å². The molecule has 20 heavy (non-hydrogen) atoms. The maximum absolute atomic E-state index is 11.7. The summed E-state index contributed by atoms with van der Waals surface area (Å²) in [4.78, 5) is 14.0. The Kier molecular flexibility index (Phi) is 4.72. The minimum atomic E-state index is -0.897. The van der Waals surface area contributed by atoms with Gasteiger partial charge >= 0.3 is 5.97 Å². The Morgan fingerprint density at radius 3 is 3.10 bits per heavy atom. The van der Waals surface area contributed by atoms with E-state index in [1.807, 2.05) is 0 Å². The third-order valence-electron chi connectivity index (χ3n) is 3.63. The highest BCUT2D eigenvalue weighted by atomic mass is 16.5. The molecule has 2 rings (SSSR count). The molecular formula is C13H23N5O2. The number of nitrogens with zero attached hydrogens (tertiary/aromatic N) is 4. The molecule has 0 aliphatic carbocycles. The van der Waals surface area contributed by atoms with Crippen LogP contribution in [0.25, 0.3) is 0 Å². The Labute approximate surface area is 119 Å². The molecule has 0 saturated heterocycles. The highest BCUT2D eigenvalue weighted by Crippen LogP contribution is 2.14. The summed E-state index contributed by atoms with van der Waals surface area (Å²) in [5, 5.41) is 8.00. The molecular weight excluding hydrogens is 258 g/mol. The van der Waals surface area contributed by atoms with Crippen molar-refractivity contribution in [3.8, 4) is 0 Å². The van der Waals surface area contributed by atoms with E-state index in [0.29, 0.717) is 13.0 Å². The van der Waals surface area contributed by atoms with Crippen LogP contribution >= 0.6 is 0 Å². The number of hydrogen-bond acceptors (Lipinski definition) is 6. The van der Waals surface area contributed by atoms with Crippen LogP contribution in [0.15, 0.2) is 6.33 Å². The number of fused-ring (bicyclic) bond motifs is 1. The maximum atomic E-state index is 11.7. The SMILES string of the molecule is CCOC(=O)C(C)(N)CCCN1CCn2cnnc2C1. The van der Waals surface area contributed by atoms with E-state index in [4.69, 9.17) is 10.5 Å². The molecule has 1 aromatic heterocycles. The van der Waals surface area contributed by atoms with Crippen LogP contribution in [0.4, 0.5) is 0 Å². The van der Waals surface area contributed by atoms with Gasteiger partial charge in [0.1, 0.15) is 17.7 Å². The number of ether oxygens (including phenoxy) is 1. The van der Waals surface area contributed by atoms with Gasteiger partial charge in [0, 0.05) is 13.1 Å². The van der Waals surface area contributed by atoms with Crippen molar-refractivity contribution in [3.05, 3.63) is 12.2 Å². The monoisotopic (exact) mass is 281 g/mol. The number of carbonyl (C=O) groups is 1. The first kappa shape index (κ1) is 14.9. The Morgan fingerprint density at radius 1 is 1.55 bits per heavy atom. The summed E-state index contributed by atoms with van der Waals surface area (Å²) in [6, 6.07) is 0. The predicted molar refractivity (Wildman–Crippen MR) is 73.8 cm³/mol. The van der Waals surface area contributed by atoms with Gasteiger partial charge in [0.15, 0.2) is 0 Å². The molecule has 2 heterocycles. The zero-order chi connectivity index (χ0) is 14.6. The Balaban J connectivity index is 1.75. The van der Waals surface area contributed by atoms with Crippen molar-refractivity contribution in [3.63, 3.8) is 0 Å². The fourth-order valence-electron chi connectivity index (χ4n) is 2.38. The summed E-state index contributed by atoms with van der Waals surface area (Å²) < 4.78 is 7.06. The van der Waals surface area contributed by atoms with Crippen molar-refractivity contribution in [2.24, 2.45) is 5.73 Å². The molecule has 1 aromatic rings. The van der Waals surface area contributed by atoms with E-state index in [-0.39, 0.29) is 5.97 Å². The smallest absolute Gasteiger partial charge is 0.325 e. The molecule has 0 bridgehead atoms. The molecule has 1 atom stereocenters. The Bertz CT molecular complexity index is 457. The number of carbonyl (C=O) groups excluding carboxylic acids is 1. The van der Waals surface area contributed by atoms with Crippen LogP contribution in [0.2, 0.25) is 0 Å². The van der Waals surface area contributed by atoms with Crippen LogP contribution < -0.4 is 5.73 Å². The average molecular weight is 281 g/mol. The summed E-state index contributed by atoms with van der Waals surface area (Å²) in [5.41, 5.74) is 5.11. The summed E-state index contributed by atoms with van der Waals surface area (Å²) in [6.45, 7) is 7.49. The first-order valence-corrected chi connectivity index (χ1v) is 7.08. The molecule has 1 unspecified atom stereocenters. The van der Waals surface area contributed by atoms with Gasteiger partial charge in [-0.2, -0.15) is 0 Å². The summed E-state index contributed by atoms with van der Waals surface area (Å²) >= 11 is 0. The Hall–Kier alpha value is -1.47. The lowest BCUT2D eigenvalue weighted by Crippen LogP contribution is -2.46. The first-order valence-electron chi connectivity index (χ1n) is 7.08. The van der Waals surface area contributed by atoms with Gasteiger partial charge in [-0.15, -0.1) is 10.2 Å². The second-order valence-corrected chi connectivity index (χ2v) is 5.46. The van der Waals surface area contributed by atoms with Gasteiger partial charge in [-0.25, -0.2) is 0 Å². The number of rotatable bonds is 6. The van der Waals surface area contributed by atoms with Gasteiger partial charge in [0.2, 0.25) is 0 Å². The van der Waals surface area contributed by atoms with E-state index >= 15 is 0 Å². The molecule has 1 aliphatic rings. The molecule has 1 aliphatic heterocycles. The molecule has 7 heteroatoms. The van der Waals surface area contributed by atoms with Crippen molar-refractivity contribution >= 4 is 5.97 Å². The lowest BCUT2D eigenvalue weighted by molar-refractivity contribution is -0.149. The standard InChI is InChI=1S/C13H23N5O2/c1-3-20-12(19)13(2,14)5-4-6-17-7-8-18-10-15-16-11(18)9-17/h10H,3-9,14H2,1-2H3. The van der Waals surface area contributed by atoms with Crippen LogP contribution in [-0.2, 0) is 22.6 Å². The number of hydrogen-bond donors (Lipinski definition) is 1. The van der Waals surface area contributed by atoms with Gasteiger partial charge in [0.25, 0.3) is 0 Å². The second kappa shape index (κ2) is 6.32. The molecule has 0 aromatic carbocycles. The van der Waals surface area contributed by atoms with Crippen LogP contribution in [0.3, 0.4) is 0 Å². The normalized spacial score (nSPS) is 18.4. The highest BCUT2D eigenvalue weighted by Gasteiger charge is 2.29. The number of aromatic nitrogens is 3. The predicted octanol–water partition coefficient (Wildman–Crippen LogP) is 0.154. The lowest BCUT2D eigenvalue weighted by atomic mass is 9.97. The van der Waals surface area contributed by atoms with Crippen LogP contribution in [0, 0.1) is 0 Å². The molecule has 2 N–H and O–H groups in total. The molecule has 0 fully saturated rings. The lowest BCUT2D eigenvalue weighted by Gasteiger charge is -2.28. The van der Waals surface area contributed by atoms with Crippen LogP contribution in [0.5, 0.6) is 0 Å². The van der Waals surface area contributed by atoms with Gasteiger partial charge in [0.05, 0.1) is 13.2 Å². The average Bonchev–Trinajstić information content (AvgIpc) is 2.86. The highest BCUT2D eigenvalue weighted by molar-refractivity contribution is 5.79. The van der Waals surface area contributed by atoms with Crippen molar-refractivity contribution in [2.75, 3.05) is 19.7 Å². The van der Waals surface area contributed by atoms with E-state index in [1.165, 1.54) is 0 Å². The minimum absolute atomic E-state index is 0.321. The van der Waals surface area contributed by atoms with E-state index in [2.05, 4.69) is 19.7 Å². The van der Waals surface area contributed by atoms with Crippen molar-refractivity contribution < 1.29 is 9.53 Å². The van der Waals surface area contributed by atoms with E-state index < -0.39 is 5.54 Å². The van der Waals surface area contributed by atoms with Crippen molar-refractivity contribution in [2.45, 2.75) is 45.3 Å². The van der Waals surface area contributed by atoms with Crippen molar-refractivity contribution in [1.82, 2.24) is 19.7 Å². The zero-order valence-corrected chi connectivity index (χ0v) is 12.2. The van der Waals surface area contributed by atoms with Crippen LogP contribution in [0.1, 0.15) is 32.5 Å². The topological polar surface area (TPSA) is 86.3 Å². The molecule has 112 valence electrons. The Morgan fingerprint density at radius 2 is 2.35 bits per heavy atom. The zero-order valence-electron chi connectivity index (χ0n) is 12.2. The number of nitrogens with two attached hydrogens (primary N) is 1. The van der Waals surface area contributed by atoms with Crippen LogP contribution in [-0.4, -0.2) is 50.9 Å².